The molecule has 0 radical (unpaired) electrons. The van der Waals surface area contributed by atoms with Crippen molar-refractivity contribution in [2.24, 2.45) is 0 Å². The second-order valence-corrected chi connectivity index (χ2v) is 1.58. The molecule has 1 unspecified atom stereocenters. The summed E-state index contributed by atoms with van der Waals surface area (Å²) < 4.78 is 4.09. The van der Waals surface area contributed by atoms with Crippen molar-refractivity contribution in [2.75, 3.05) is 7.11 Å². The number of hydrogen-bond acceptors (Lipinski definition) is 4. The number of carboxylic acids is 1. The van der Waals surface area contributed by atoms with Crippen LogP contribution in [0.4, 0.5) is 0 Å². The molecule has 1 amide bonds. The predicted molar refractivity (Wildman–Crippen MR) is 32.6 cm³/mol. The van der Waals surface area contributed by atoms with Crippen LogP contribution in [0.15, 0.2) is 0 Å². The van der Waals surface area contributed by atoms with Gasteiger partial charge in [0, 0.05) is 0 Å². The fourth-order valence-corrected chi connectivity index (χ4v) is 0.426. The minimum atomic E-state index is -1.61. The number of rotatable bonds is 4. The van der Waals surface area contributed by atoms with Gasteiger partial charge in [-0.1, -0.05) is 0 Å². The second kappa shape index (κ2) is 4.26. The van der Waals surface area contributed by atoms with Crippen LogP contribution < -0.4 is 5.32 Å². The van der Waals surface area contributed by atoms with Crippen LogP contribution in [0.1, 0.15) is 0 Å². The number of carbonyl (C=O) groups is 3. The maximum Gasteiger partial charge on any atom is 0.340 e. The summed E-state index contributed by atoms with van der Waals surface area (Å²) in [6.07, 6.45) is 0.121. The van der Waals surface area contributed by atoms with E-state index in [-0.39, 0.29) is 6.41 Å². The van der Waals surface area contributed by atoms with Gasteiger partial charge in [0.15, 0.2) is 0 Å². The highest BCUT2D eigenvalue weighted by Gasteiger charge is 2.25. The lowest BCUT2D eigenvalue weighted by Gasteiger charge is -2.06. The van der Waals surface area contributed by atoms with Gasteiger partial charge in [-0.15, -0.1) is 0 Å². The van der Waals surface area contributed by atoms with E-state index >= 15 is 0 Å². The molecule has 0 aliphatic heterocycles. The van der Waals surface area contributed by atoms with Crippen LogP contribution in [0, 0.1) is 0 Å². The first-order valence-corrected chi connectivity index (χ1v) is 2.63. The Labute approximate surface area is 62.1 Å². The van der Waals surface area contributed by atoms with Gasteiger partial charge in [-0.05, 0) is 0 Å². The molecule has 62 valence electrons. The number of carbonyl (C=O) groups excluding carboxylic acids is 2. The third-order valence-electron chi connectivity index (χ3n) is 0.919. The highest BCUT2D eigenvalue weighted by Crippen LogP contribution is 1.85. The van der Waals surface area contributed by atoms with Crippen molar-refractivity contribution in [2.45, 2.75) is 6.04 Å². The third kappa shape index (κ3) is 2.65. The Morgan fingerprint density at radius 1 is 1.64 bits per heavy atom. The first kappa shape index (κ1) is 9.41. The molecule has 0 heterocycles. The largest absolute Gasteiger partial charge is 0.479 e. The van der Waals surface area contributed by atoms with Crippen molar-refractivity contribution < 1.29 is 24.2 Å². The molecular weight excluding hydrogens is 154 g/mol. The van der Waals surface area contributed by atoms with E-state index < -0.39 is 18.0 Å². The SMILES string of the molecule is COC(=O)C(NC=O)C(=O)O. The van der Waals surface area contributed by atoms with Gasteiger partial charge < -0.3 is 15.2 Å². The Hall–Kier alpha value is -1.59. The van der Waals surface area contributed by atoms with Crippen molar-refractivity contribution >= 4 is 18.3 Å². The normalized spacial score (nSPS) is 11.4. The zero-order valence-electron chi connectivity index (χ0n) is 5.73. The Morgan fingerprint density at radius 3 is 2.45 bits per heavy atom. The lowest BCUT2D eigenvalue weighted by atomic mass is 10.3. The van der Waals surface area contributed by atoms with E-state index in [1.165, 1.54) is 0 Å². The van der Waals surface area contributed by atoms with Crippen molar-refractivity contribution in [3.63, 3.8) is 0 Å². The summed E-state index contributed by atoms with van der Waals surface area (Å²) in [5.74, 6) is -2.46. The predicted octanol–water partition coefficient (Wildman–Crippen LogP) is -1.64. The summed E-state index contributed by atoms with van der Waals surface area (Å²) in [6, 6.07) is -1.61. The molecule has 2 N–H and O–H groups in total. The van der Waals surface area contributed by atoms with Gasteiger partial charge in [-0.3, -0.25) is 4.79 Å². The highest BCUT2D eigenvalue weighted by molar-refractivity contribution is 5.99. The van der Waals surface area contributed by atoms with Crippen LogP contribution in [0.3, 0.4) is 0 Å². The number of amides is 1. The summed E-state index contributed by atoms with van der Waals surface area (Å²) in [7, 11) is 1.03. The van der Waals surface area contributed by atoms with Crippen LogP contribution in [0.2, 0.25) is 0 Å². The molecule has 0 aliphatic rings. The quantitative estimate of drug-likeness (QED) is 0.293. The lowest BCUT2D eigenvalue weighted by Crippen LogP contribution is -2.43. The average Bonchev–Trinajstić information content (AvgIpc) is 1.98. The molecule has 11 heavy (non-hydrogen) atoms. The van der Waals surface area contributed by atoms with Gasteiger partial charge in [0.1, 0.15) is 0 Å². The highest BCUT2D eigenvalue weighted by atomic mass is 16.5. The smallest absolute Gasteiger partial charge is 0.340 e. The Bertz CT molecular complexity index is 178. The summed E-state index contributed by atoms with van der Waals surface area (Å²) >= 11 is 0. The first-order valence-electron chi connectivity index (χ1n) is 2.63. The molecule has 0 spiro atoms. The molecule has 0 aromatic carbocycles. The van der Waals surface area contributed by atoms with E-state index in [4.69, 9.17) is 5.11 Å². The number of carboxylic acid groups (broad SMARTS) is 1. The number of nitrogens with one attached hydrogen (secondary N) is 1. The molecule has 0 fully saturated rings. The minimum absolute atomic E-state index is 0.121. The van der Waals surface area contributed by atoms with Gasteiger partial charge >= 0.3 is 11.9 Å². The fraction of sp³-hybridized carbons (Fsp3) is 0.400. The van der Waals surface area contributed by atoms with Crippen LogP contribution in [-0.2, 0) is 19.1 Å². The number of ether oxygens (including phenoxy) is 1. The van der Waals surface area contributed by atoms with Crippen LogP contribution >= 0.6 is 0 Å². The zero-order valence-corrected chi connectivity index (χ0v) is 5.73. The van der Waals surface area contributed by atoms with Gasteiger partial charge in [0.2, 0.25) is 12.5 Å². The van der Waals surface area contributed by atoms with Gasteiger partial charge in [-0.2, -0.15) is 0 Å². The molecule has 6 nitrogen and oxygen atoms in total. The molecule has 0 aliphatic carbocycles. The van der Waals surface area contributed by atoms with E-state index in [9.17, 15) is 14.4 Å². The molecule has 0 bridgehead atoms. The second-order valence-electron chi connectivity index (χ2n) is 1.58. The van der Waals surface area contributed by atoms with Crippen molar-refractivity contribution in [1.82, 2.24) is 5.32 Å². The Morgan fingerprint density at radius 2 is 2.18 bits per heavy atom. The van der Waals surface area contributed by atoms with E-state index in [1.54, 1.807) is 5.32 Å². The number of esters is 1. The van der Waals surface area contributed by atoms with E-state index in [2.05, 4.69) is 4.74 Å². The maximum absolute atomic E-state index is 10.5. The van der Waals surface area contributed by atoms with Gasteiger partial charge in [0.25, 0.3) is 0 Å². The monoisotopic (exact) mass is 161 g/mol. The zero-order chi connectivity index (χ0) is 8.85. The maximum atomic E-state index is 10.5. The summed E-state index contributed by atoms with van der Waals surface area (Å²) in [5, 5.41) is 10.1. The Balaban J connectivity index is 4.20. The average molecular weight is 161 g/mol. The third-order valence-corrected chi connectivity index (χ3v) is 0.919. The van der Waals surface area contributed by atoms with Gasteiger partial charge in [-0.25, -0.2) is 9.59 Å². The van der Waals surface area contributed by atoms with Crippen molar-refractivity contribution in [3.05, 3.63) is 0 Å². The summed E-state index contributed by atoms with van der Waals surface area (Å²) in [6.45, 7) is 0. The summed E-state index contributed by atoms with van der Waals surface area (Å²) in [5.41, 5.74) is 0. The molecule has 0 aromatic heterocycles. The van der Waals surface area contributed by atoms with E-state index in [0.29, 0.717) is 0 Å². The van der Waals surface area contributed by atoms with Crippen LogP contribution in [0.5, 0.6) is 0 Å². The molecule has 1 atom stereocenters. The van der Waals surface area contributed by atoms with E-state index in [0.717, 1.165) is 7.11 Å². The molecule has 0 saturated heterocycles. The standard InChI is InChI=1S/C5H7NO5/c1-11-5(10)3(4(8)9)6-2-7/h2-3H,1H3,(H,6,7)(H,8,9). The topological polar surface area (TPSA) is 92.7 Å². The van der Waals surface area contributed by atoms with Crippen molar-refractivity contribution in [3.8, 4) is 0 Å². The molecule has 0 aromatic rings. The van der Waals surface area contributed by atoms with Crippen LogP contribution in [-0.4, -0.2) is 36.6 Å². The van der Waals surface area contributed by atoms with Crippen LogP contribution in [0.25, 0.3) is 0 Å². The Kier molecular flexibility index (Phi) is 3.65. The number of aliphatic carboxylic acids is 1. The number of hydrogen-bond donors (Lipinski definition) is 2. The molecule has 0 saturated carbocycles. The first-order chi connectivity index (χ1) is 5.13. The molecular formula is C5H7NO5. The lowest BCUT2D eigenvalue weighted by molar-refractivity contribution is -0.154. The minimum Gasteiger partial charge on any atom is -0.479 e. The number of methoxy groups -OCH3 is 1. The molecule has 6 heteroatoms. The van der Waals surface area contributed by atoms with Crippen molar-refractivity contribution in [1.29, 1.82) is 0 Å². The van der Waals surface area contributed by atoms with Gasteiger partial charge in [0.05, 0.1) is 7.11 Å². The fourth-order valence-electron chi connectivity index (χ4n) is 0.426. The summed E-state index contributed by atoms with van der Waals surface area (Å²) in [4.78, 5) is 30.4. The molecule has 0 rings (SSSR count). The van der Waals surface area contributed by atoms with E-state index in [1.807, 2.05) is 0 Å².